The highest BCUT2D eigenvalue weighted by atomic mass is 31.2. The van der Waals surface area contributed by atoms with E-state index in [1.807, 2.05) is 13.8 Å². The number of carboxylic acids is 1. The highest BCUT2D eigenvalue weighted by molar-refractivity contribution is 7.57. The van der Waals surface area contributed by atoms with Crippen LogP contribution in [0, 0.1) is 5.92 Å². The van der Waals surface area contributed by atoms with Crippen molar-refractivity contribution in [3.8, 4) is 0 Å². The van der Waals surface area contributed by atoms with Crippen LogP contribution in [-0.2, 0) is 13.9 Å². The summed E-state index contributed by atoms with van der Waals surface area (Å²) in [5.74, 6) is -1.39. The second kappa shape index (κ2) is 6.94. The fraction of sp³-hybridized carbons (Fsp3) is 0.727. The molecule has 5 nitrogen and oxygen atoms in total. The molecule has 0 amide bonds. The number of hydrogen-bond acceptors (Lipinski definition) is 3. The molecule has 0 rings (SSSR count). The zero-order chi connectivity index (χ0) is 13.6. The van der Waals surface area contributed by atoms with Crippen LogP contribution in [0.2, 0.25) is 0 Å². The summed E-state index contributed by atoms with van der Waals surface area (Å²) < 4.78 is 16.6. The van der Waals surface area contributed by atoms with Gasteiger partial charge in [-0.05, 0) is 25.2 Å². The first-order valence-electron chi connectivity index (χ1n) is 5.70. The Morgan fingerprint density at radius 1 is 1.29 bits per heavy atom. The van der Waals surface area contributed by atoms with E-state index in [2.05, 4.69) is 4.52 Å². The molecule has 0 bridgehead atoms. The van der Waals surface area contributed by atoms with Gasteiger partial charge >= 0.3 is 13.6 Å². The molecule has 0 fully saturated rings. The molecule has 0 aliphatic carbocycles. The quantitative estimate of drug-likeness (QED) is 0.545. The smallest absolute Gasteiger partial charge is 0.355 e. The average molecular weight is 264 g/mol. The second-order valence-electron chi connectivity index (χ2n) is 3.74. The standard InChI is InChI=1S/C11H21O5P/c1-5-8(6-2)10(17(14,15)16-4)9(7-3)11(12)13/h8H,5-7H2,1-4H3,(H,12,13)(H,14,15)/b10-9-. The molecular weight excluding hydrogens is 243 g/mol. The fourth-order valence-corrected chi connectivity index (χ4v) is 3.48. The number of aliphatic carboxylic acids is 1. The van der Waals surface area contributed by atoms with E-state index in [0.29, 0.717) is 12.8 Å². The van der Waals surface area contributed by atoms with Crippen molar-refractivity contribution in [2.24, 2.45) is 5.92 Å². The van der Waals surface area contributed by atoms with Gasteiger partial charge in [-0.25, -0.2) is 4.79 Å². The van der Waals surface area contributed by atoms with Gasteiger partial charge in [-0.1, -0.05) is 20.8 Å². The van der Waals surface area contributed by atoms with Crippen molar-refractivity contribution in [3.63, 3.8) is 0 Å². The van der Waals surface area contributed by atoms with Crippen molar-refractivity contribution in [3.05, 3.63) is 10.9 Å². The predicted molar refractivity (Wildman–Crippen MR) is 65.9 cm³/mol. The molecule has 17 heavy (non-hydrogen) atoms. The van der Waals surface area contributed by atoms with Crippen molar-refractivity contribution in [1.82, 2.24) is 0 Å². The number of allylic oxidation sites excluding steroid dienone is 1. The minimum Gasteiger partial charge on any atom is -0.478 e. The van der Waals surface area contributed by atoms with E-state index in [1.165, 1.54) is 0 Å². The van der Waals surface area contributed by atoms with Crippen LogP contribution in [0.25, 0.3) is 0 Å². The number of rotatable bonds is 7. The number of hydrogen-bond donors (Lipinski definition) is 2. The minimum absolute atomic E-state index is 0.00798. The van der Waals surface area contributed by atoms with Crippen LogP contribution in [-0.4, -0.2) is 23.1 Å². The number of carboxylic acid groups (broad SMARTS) is 1. The van der Waals surface area contributed by atoms with Gasteiger partial charge in [0, 0.05) is 12.7 Å². The Labute approximate surface area is 102 Å². The van der Waals surface area contributed by atoms with E-state index in [9.17, 15) is 14.3 Å². The normalized spacial score (nSPS) is 16.6. The van der Waals surface area contributed by atoms with Crippen LogP contribution in [0.5, 0.6) is 0 Å². The van der Waals surface area contributed by atoms with Crippen molar-refractivity contribution < 1.29 is 23.9 Å². The lowest BCUT2D eigenvalue weighted by molar-refractivity contribution is -0.132. The average Bonchev–Trinajstić information content (AvgIpc) is 2.29. The Hall–Kier alpha value is -0.640. The van der Waals surface area contributed by atoms with Crippen LogP contribution >= 0.6 is 7.60 Å². The molecule has 1 unspecified atom stereocenters. The minimum atomic E-state index is -4.00. The molecular formula is C11H21O5P. The molecule has 0 saturated carbocycles. The zero-order valence-electron chi connectivity index (χ0n) is 10.8. The molecule has 0 heterocycles. The molecule has 6 heteroatoms. The van der Waals surface area contributed by atoms with Gasteiger partial charge in [0.05, 0.1) is 5.31 Å². The molecule has 0 aliphatic heterocycles. The third-order valence-corrected chi connectivity index (χ3v) is 4.58. The Kier molecular flexibility index (Phi) is 6.68. The summed E-state index contributed by atoms with van der Waals surface area (Å²) in [6, 6.07) is 0. The Morgan fingerprint density at radius 3 is 2.00 bits per heavy atom. The maximum absolute atomic E-state index is 12.0. The van der Waals surface area contributed by atoms with Gasteiger partial charge in [0.15, 0.2) is 0 Å². The molecule has 0 aromatic rings. The summed E-state index contributed by atoms with van der Waals surface area (Å²) in [5, 5.41) is 9.15. The van der Waals surface area contributed by atoms with Gasteiger partial charge in [-0.3, -0.25) is 4.57 Å². The van der Waals surface area contributed by atoms with Crippen LogP contribution in [0.4, 0.5) is 0 Å². The molecule has 2 N–H and O–H groups in total. The van der Waals surface area contributed by atoms with Crippen LogP contribution in [0.3, 0.4) is 0 Å². The highest BCUT2D eigenvalue weighted by Crippen LogP contribution is 2.56. The van der Waals surface area contributed by atoms with Crippen molar-refractivity contribution in [2.75, 3.05) is 7.11 Å². The van der Waals surface area contributed by atoms with E-state index >= 15 is 0 Å². The molecule has 0 radical (unpaired) electrons. The Morgan fingerprint density at radius 2 is 1.76 bits per heavy atom. The first-order valence-corrected chi connectivity index (χ1v) is 7.28. The van der Waals surface area contributed by atoms with Gasteiger partial charge in [0.1, 0.15) is 0 Å². The number of carbonyl (C=O) groups is 1. The molecule has 0 aliphatic rings. The summed E-state index contributed by atoms with van der Waals surface area (Å²) in [4.78, 5) is 20.9. The SMILES string of the molecule is CC/C(C(=O)O)=C(\C(CC)CC)P(=O)(O)OC. The second-order valence-corrected chi connectivity index (χ2v) is 5.63. The van der Waals surface area contributed by atoms with Crippen LogP contribution < -0.4 is 0 Å². The van der Waals surface area contributed by atoms with Gasteiger partial charge in [0.2, 0.25) is 0 Å². The van der Waals surface area contributed by atoms with Crippen molar-refractivity contribution >= 4 is 13.6 Å². The van der Waals surface area contributed by atoms with E-state index in [1.54, 1.807) is 6.92 Å². The summed E-state index contributed by atoms with van der Waals surface area (Å²) in [7, 11) is -2.88. The lowest BCUT2D eigenvalue weighted by Crippen LogP contribution is -2.12. The Balaban J connectivity index is 5.85. The summed E-state index contributed by atoms with van der Waals surface area (Å²) in [6.07, 6.45) is 1.42. The molecule has 0 aromatic carbocycles. The summed E-state index contributed by atoms with van der Waals surface area (Å²) in [6.45, 7) is 5.37. The van der Waals surface area contributed by atoms with E-state index in [0.717, 1.165) is 7.11 Å². The first-order chi connectivity index (χ1) is 7.85. The lowest BCUT2D eigenvalue weighted by atomic mass is 9.98. The molecule has 0 saturated heterocycles. The van der Waals surface area contributed by atoms with Gasteiger partial charge in [-0.2, -0.15) is 0 Å². The van der Waals surface area contributed by atoms with Gasteiger partial charge in [0.25, 0.3) is 0 Å². The summed E-state index contributed by atoms with van der Waals surface area (Å²) in [5.41, 5.74) is -0.00798. The molecule has 0 spiro atoms. The summed E-state index contributed by atoms with van der Waals surface area (Å²) >= 11 is 0. The van der Waals surface area contributed by atoms with Crippen molar-refractivity contribution in [2.45, 2.75) is 40.0 Å². The highest BCUT2D eigenvalue weighted by Gasteiger charge is 2.34. The fourth-order valence-electron chi connectivity index (χ4n) is 1.86. The predicted octanol–water partition coefficient (Wildman–Crippen LogP) is 3.00. The molecule has 100 valence electrons. The van der Waals surface area contributed by atoms with Gasteiger partial charge < -0.3 is 14.5 Å². The lowest BCUT2D eigenvalue weighted by Gasteiger charge is -2.23. The Bertz CT molecular complexity index is 344. The third-order valence-electron chi connectivity index (χ3n) is 2.85. The van der Waals surface area contributed by atoms with E-state index in [4.69, 9.17) is 5.11 Å². The van der Waals surface area contributed by atoms with E-state index < -0.39 is 13.6 Å². The van der Waals surface area contributed by atoms with Crippen molar-refractivity contribution in [1.29, 1.82) is 0 Å². The maximum Gasteiger partial charge on any atom is 0.355 e. The molecule has 0 aromatic heterocycles. The van der Waals surface area contributed by atoms with Crippen LogP contribution in [0.1, 0.15) is 40.0 Å². The maximum atomic E-state index is 12.0. The van der Waals surface area contributed by atoms with Crippen LogP contribution in [0.15, 0.2) is 10.9 Å². The monoisotopic (exact) mass is 264 g/mol. The topological polar surface area (TPSA) is 83.8 Å². The van der Waals surface area contributed by atoms with E-state index in [-0.39, 0.29) is 23.2 Å². The third kappa shape index (κ3) is 3.95. The van der Waals surface area contributed by atoms with Gasteiger partial charge in [-0.15, -0.1) is 0 Å². The zero-order valence-corrected chi connectivity index (χ0v) is 11.7. The molecule has 1 atom stereocenters. The first kappa shape index (κ1) is 16.4. The largest absolute Gasteiger partial charge is 0.478 e.